The Kier molecular flexibility index (Phi) is 5.85. The molecule has 3 aromatic carbocycles. The van der Waals surface area contributed by atoms with Gasteiger partial charge < -0.3 is 14.2 Å². The Morgan fingerprint density at radius 3 is 2.36 bits per heavy atom. The Bertz CT molecular complexity index is 1190. The molecule has 7 heteroatoms. The number of hydrazone groups is 1. The van der Waals surface area contributed by atoms with Crippen LogP contribution in [0.4, 0.5) is 0 Å². The molecular weight excluding hydrogens is 459 g/mol. The summed E-state index contributed by atoms with van der Waals surface area (Å²) < 4.78 is 17.5. The summed E-state index contributed by atoms with van der Waals surface area (Å²) in [5.74, 6) is 2.28. The number of methoxy groups -OCH3 is 1. The van der Waals surface area contributed by atoms with Crippen molar-refractivity contribution >= 4 is 28.9 Å². The highest BCUT2D eigenvalue weighted by Gasteiger charge is 2.42. The third-order valence-electron chi connectivity index (χ3n) is 5.77. The quantitative estimate of drug-likeness (QED) is 0.391. The molecule has 5 rings (SSSR count). The second kappa shape index (κ2) is 8.81. The van der Waals surface area contributed by atoms with Gasteiger partial charge in [0.05, 0.1) is 30.0 Å². The third kappa shape index (κ3) is 4.23. The maximum atomic E-state index is 6.56. The van der Waals surface area contributed by atoms with Crippen LogP contribution in [0.1, 0.15) is 49.2 Å². The Hall–Kier alpha value is -2.89. The number of hydrogen-bond donors (Lipinski definition) is 0. The summed E-state index contributed by atoms with van der Waals surface area (Å²) in [6, 6.07) is 19.5. The summed E-state index contributed by atoms with van der Waals surface area (Å²) in [6.45, 7) is 4.01. The van der Waals surface area contributed by atoms with Crippen molar-refractivity contribution < 1.29 is 14.2 Å². The van der Waals surface area contributed by atoms with E-state index in [2.05, 4.69) is 0 Å². The zero-order chi connectivity index (χ0) is 23.1. The molecule has 0 unspecified atom stereocenters. The number of nitrogens with zero attached hydrogens (tertiary/aromatic N) is 2. The van der Waals surface area contributed by atoms with E-state index in [1.165, 1.54) is 0 Å². The number of benzene rings is 3. The van der Waals surface area contributed by atoms with Crippen molar-refractivity contribution in [1.82, 2.24) is 5.01 Å². The summed E-state index contributed by atoms with van der Waals surface area (Å²) in [7, 11) is 1.66. The summed E-state index contributed by atoms with van der Waals surface area (Å²) in [5, 5.41) is 8.07. The van der Waals surface area contributed by atoms with Gasteiger partial charge in [0.15, 0.2) is 0 Å². The third-order valence-corrected chi connectivity index (χ3v) is 6.27. The number of hydrogen-bond acceptors (Lipinski definition) is 5. The van der Waals surface area contributed by atoms with Gasteiger partial charge in [-0.1, -0.05) is 23.2 Å². The maximum Gasteiger partial charge on any atom is 0.213 e. The SMILES string of the molecule is COc1ccc(C2=NN3[C@@H](c4ccc(OC(C)C)cc4)Oc4c(Cl)cc(Cl)cc4[C@@H]3C2)cc1. The topological polar surface area (TPSA) is 43.3 Å². The zero-order valence-electron chi connectivity index (χ0n) is 18.6. The molecule has 0 N–H and O–H groups in total. The summed E-state index contributed by atoms with van der Waals surface area (Å²) in [4.78, 5) is 0. The maximum absolute atomic E-state index is 6.56. The Morgan fingerprint density at radius 1 is 1.00 bits per heavy atom. The minimum absolute atomic E-state index is 0.0429. The fourth-order valence-electron chi connectivity index (χ4n) is 4.28. The molecule has 2 aliphatic heterocycles. The van der Waals surface area contributed by atoms with Crippen molar-refractivity contribution in [3.8, 4) is 17.2 Å². The van der Waals surface area contributed by atoms with E-state index in [0.29, 0.717) is 22.2 Å². The van der Waals surface area contributed by atoms with Gasteiger partial charge in [0.25, 0.3) is 0 Å². The predicted octanol–water partition coefficient (Wildman–Crippen LogP) is 7.03. The fourth-order valence-corrected chi connectivity index (χ4v) is 4.83. The van der Waals surface area contributed by atoms with E-state index in [-0.39, 0.29) is 12.1 Å². The van der Waals surface area contributed by atoms with Crippen LogP contribution in [0.2, 0.25) is 10.0 Å². The smallest absolute Gasteiger partial charge is 0.213 e. The van der Waals surface area contributed by atoms with E-state index in [0.717, 1.165) is 33.9 Å². The molecule has 0 amide bonds. The van der Waals surface area contributed by atoms with E-state index in [1.807, 2.05) is 73.5 Å². The molecule has 2 atom stereocenters. The first-order valence-corrected chi connectivity index (χ1v) is 11.6. The normalized spacial score (nSPS) is 19.0. The van der Waals surface area contributed by atoms with Crippen molar-refractivity contribution in [3.63, 3.8) is 0 Å². The number of ether oxygens (including phenoxy) is 3. The van der Waals surface area contributed by atoms with E-state index < -0.39 is 6.23 Å². The molecule has 170 valence electrons. The molecule has 0 fully saturated rings. The van der Waals surface area contributed by atoms with Crippen LogP contribution in [0.5, 0.6) is 17.2 Å². The molecular formula is C26H24Cl2N2O3. The van der Waals surface area contributed by atoms with Crippen molar-refractivity contribution in [2.75, 3.05) is 7.11 Å². The standard InChI is InChI=1S/C26H24Cl2N2O3/c1-15(2)32-20-10-6-17(7-11-20)26-30-24(21-12-18(27)13-22(28)25(21)33-26)14-23(29-30)16-4-8-19(31-3)9-5-16/h4-13,15,24,26H,14H2,1-3H3/t24-,26+/m0/s1. The van der Waals surface area contributed by atoms with Crippen molar-refractivity contribution in [2.45, 2.75) is 38.6 Å². The molecule has 2 heterocycles. The van der Waals surface area contributed by atoms with E-state index in [1.54, 1.807) is 13.2 Å². The van der Waals surface area contributed by atoms with Gasteiger partial charge in [0.1, 0.15) is 17.2 Å². The van der Waals surface area contributed by atoms with Crippen LogP contribution in [-0.2, 0) is 0 Å². The summed E-state index contributed by atoms with van der Waals surface area (Å²) in [5.41, 5.74) is 3.92. The van der Waals surface area contributed by atoms with Crippen molar-refractivity contribution in [3.05, 3.63) is 87.4 Å². The lowest BCUT2D eigenvalue weighted by molar-refractivity contribution is -0.0189. The molecule has 5 nitrogen and oxygen atoms in total. The monoisotopic (exact) mass is 482 g/mol. The second-order valence-corrected chi connectivity index (χ2v) is 9.23. The molecule has 2 aliphatic rings. The Labute approximate surface area is 203 Å². The fraction of sp³-hybridized carbons (Fsp3) is 0.269. The summed E-state index contributed by atoms with van der Waals surface area (Å²) in [6.07, 6.45) is 0.395. The van der Waals surface area contributed by atoms with Crippen LogP contribution in [-0.4, -0.2) is 23.9 Å². The van der Waals surface area contributed by atoms with Crippen LogP contribution >= 0.6 is 23.2 Å². The van der Waals surface area contributed by atoms with Crippen LogP contribution in [0.25, 0.3) is 0 Å². The first kappa shape index (κ1) is 21.9. The minimum Gasteiger partial charge on any atom is -0.497 e. The highest BCUT2D eigenvalue weighted by atomic mass is 35.5. The number of halogens is 2. The van der Waals surface area contributed by atoms with Gasteiger partial charge in [-0.25, -0.2) is 5.01 Å². The lowest BCUT2D eigenvalue weighted by Crippen LogP contribution is -2.33. The molecule has 0 saturated carbocycles. The average Bonchev–Trinajstić information content (AvgIpc) is 3.25. The Morgan fingerprint density at radius 2 is 1.70 bits per heavy atom. The average molecular weight is 483 g/mol. The van der Waals surface area contributed by atoms with Gasteiger partial charge in [-0.15, -0.1) is 0 Å². The van der Waals surface area contributed by atoms with Crippen LogP contribution in [0.15, 0.2) is 65.8 Å². The lowest BCUT2D eigenvalue weighted by atomic mass is 9.96. The van der Waals surface area contributed by atoms with E-state index in [9.17, 15) is 0 Å². The summed E-state index contributed by atoms with van der Waals surface area (Å²) >= 11 is 12.9. The van der Waals surface area contributed by atoms with Gasteiger partial charge >= 0.3 is 0 Å². The van der Waals surface area contributed by atoms with Gasteiger partial charge in [0, 0.05) is 22.6 Å². The van der Waals surface area contributed by atoms with Gasteiger partial charge in [-0.3, -0.25) is 0 Å². The lowest BCUT2D eigenvalue weighted by Gasteiger charge is -2.38. The largest absolute Gasteiger partial charge is 0.497 e. The van der Waals surface area contributed by atoms with E-state index >= 15 is 0 Å². The molecule has 0 aromatic heterocycles. The van der Waals surface area contributed by atoms with Crippen LogP contribution in [0, 0.1) is 0 Å². The molecule has 0 aliphatic carbocycles. The first-order chi connectivity index (χ1) is 15.9. The second-order valence-electron chi connectivity index (χ2n) is 8.39. The van der Waals surface area contributed by atoms with E-state index in [4.69, 9.17) is 42.5 Å². The molecule has 0 radical (unpaired) electrons. The predicted molar refractivity (Wildman–Crippen MR) is 131 cm³/mol. The van der Waals surface area contributed by atoms with Gasteiger partial charge in [-0.2, -0.15) is 5.10 Å². The molecule has 0 bridgehead atoms. The van der Waals surface area contributed by atoms with Crippen molar-refractivity contribution in [2.24, 2.45) is 5.10 Å². The number of rotatable bonds is 5. The van der Waals surface area contributed by atoms with Crippen molar-refractivity contribution in [1.29, 1.82) is 0 Å². The molecule has 0 saturated heterocycles. The first-order valence-electron chi connectivity index (χ1n) is 10.9. The van der Waals surface area contributed by atoms with Crippen LogP contribution in [0.3, 0.4) is 0 Å². The van der Waals surface area contributed by atoms with Gasteiger partial charge in [0.2, 0.25) is 6.23 Å². The Balaban J connectivity index is 1.54. The van der Waals surface area contributed by atoms with Crippen LogP contribution < -0.4 is 14.2 Å². The molecule has 3 aromatic rings. The number of fused-ring (bicyclic) bond motifs is 3. The van der Waals surface area contributed by atoms with Gasteiger partial charge in [-0.05, 0) is 80.1 Å². The minimum atomic E-state index is -0.426. The highest BCUT2D eigenvalue weighted by Crippen LogP contribution is 2.50. The molecule has 33 heavy (non-hydrogen) atoms. The highest BCUT2D eigenvalue weighted by molar-refractivity contribution is 6.35. The zero-order valence-corrected chi connectivity index (χ0v) is 20.1. The molecule has 0 spiro atoms.